The van der Waals surface area contributed by atoms with Gasteiger partial charge >= 0.3 is 5.97 Å². The number of aromatic nitrogens is 1. The van der Waals surface area contributed by atoms with E-state index in [1.54, 1.807) is 13.8 Å². The van der Waals surface area contributed by atoms with Crippen LogP contribution in [-0.4, -0.2) is 35.3 Å². The molecule has 2 heterocycles. The van der Waals surface area contributed by atoms with Crippen LogP contribution in [0.5, 0.6) is 0 Å². The average molecular weight is 399 g/mol. The van der Waals surface area contributed by atoms with Crippen LogP contribution in [0.4, 0.5) is 5.69 Å². The number of ether oxygens (including phenoxy) is 1. The number of nitrogens with zero attached hydrogens (tertiary/aromatic N) is 2. The molecule has 0 aromatic carbocycles. The monoisotopic (exact) mass is 398 g/mol. The summed E-state index contributed by atoms with van der Waals surface area (Å²) in [6.45, 7) is 11.4. The summed E-state index contributed by atoms with van der Waals surface area (Å²) in [5, 5.41) is 10.6. The molecule has 134 valence electrons. The molecule has 1 saturated heterocycles. The standard InChI is InChI=1S/C18H27BrN2O3/c1-10(2)24-18(23)17(22)14-12(4)20-13(5)15(19)16(14)21-8-6-11(3)7-9-21/h10-11,17,22H,6-9H2,1-5H3/t17-/m0/s1. The van der Waals surface area contributed by atoms with Crippen LogP contribution in [0.25, 0.3) is 0 Å². The van der Waals surface area contributed by atoms with Crippen molar-refractivity contribution in [3.8, 4) is 0 Å². The SMILES string of the molecule is Cc1nc(C)c([C@H](O)C(=O)OC(C)C)c(N2CCC(C)CC2)c1Br. The number of carbonyl (C=O) groups is 1. The first-order chi connectivity index (χ1) is 11.2. The minimum Gasteiger partial charge on any atom is -0.461 e. The van der Waals surface area contributed by atoms with Crippen molar-refractivity contribution in [2.45, 2.75) is 59.7 Å². The van der Waals surface area contributed by atoms with Gasteiger partial charge in [0.05, 0.1) is 22.0 Å². The molecular formula is C18H27BrN2O3. The van der Waals surface area contributed by atoms with Gasteiger partial charge in [0.1, 0.15) is 0 Å². The summed E-state index contributed by atoms with van der Waals surface area (Å²) in [5.74, 6) is 0.0700. The second kappa shape index (κ2) is 7.83. The number of carbonyl (C=O) groups excluding carboxylic acids is 1. The van der Waals surface area contributed by atoms with Gasteiger partial charge < -0.3 is 14.7 Å². The summed E-state index contributed by atoms with van der Waals surface area (Å²) in [6.07, 6.45) is 0.595. The highest BCUT2D eigenvalue weighted by Crippen LogP contribution is 2.39. The smallest absolute Gasteiger partial charge is 0.340 e. The van der Waals surface area contributed by atoms with E-state index in [1.807, 2.05) is 13.8 Å². The highest BCUT2D eigenvalue weighted by Gasteiger charge is 2.31. The molecule has 0 bridgehead atoms. The summed E-state index contributed by atoms with van der Waals surface area (Å²) < 4.78 is 6.04. The Morgan fingerprint density at radius 3 is 2.42 bits per heavy atom. The molecule has 5 nitrogen and oxygen atoms in total. The number of hydrogen-bond acceptors (Lipinski definition) is 5. The van der Waals surface area contributed by atoms with Crippen LogP contribution in [-0.2, 0) is 9.53 Å². The van der Waals surface area contributed by atoms with Gasteiger partial charge in [0, 0.05) is 24.3 Å². The van der Waals surface area contributed by atoms with Gasteiger partial charge in [-0.3, -0.25) is 4.98 Å². The number of hydrogen-bond donors (Lipinski definition) is 1. The Kier molecular flexibility index (Phi) is 6.26. The summed E-state index contributed by atoms with van der Waals surface area (Å²) >= 11 is 3.62. The Hall–Kier alpha value is -1.14. The lowest BCUT2D eigenvalue weighted by molar-refractivity contribution is -0.157. The Morgan fingerprint density at radius 1 is 1.29 bits per heavy atom. The number of aliphatic hydroxyl groups excluding tert-OH is 1. The molecule has 1 aromatic rings. The third-order valence-corrected chi connectivity index (χ3v) is 5.40. The molecule has 1 fully saturated rings. The summed E-state index contributed by atoms with van der Waals surface area (Å²) in [6, 6.07) is 0. The molecule has 1 aliphatic rings. The molecule has 6 heteroatoms. The highest BCUT2D eigenvalue weighted by molar-refractivity contribution is 9.10. The van der Waals surface area contributed by atoms with Crippen molar-refractivity contribution in [1.82, 2.24) is 4.98 Å². The number of halogens is 1. The van der Waals surface area contributed by atoms with Crippen LogP contribution in [0.15, 0.2) is 4.47 Å². The zero-order chi connectivity index (χ0) is 18.0. The van der Waals surface area contributed by atoms with Gasteiger partial charge in [0.2, 0.25) is 0 Å². The maximum atomic E-state index is 12.3. The maximum absolute atomic E-state index is 12.3. The van der Waals surface area contributed by atoms with Crippen molar-refractivity contribution >= 4 is 27.6 Å². The first-order valence-electron chi connectivity index (χ1n) is 8.52. The van der Waals surface area contributed by atoms with Crippen molar-refractivity contribution in [2.24, 2.45) is 5.92 Å². The zero-order valence-electron chi connectivity index (χ0n) is 15.1. The van der Waals surface area contributed by atoms with E-state index in [2.05, 4.69) is 32.7 Å². The molecule has 0 aliphatic carbocycles. The molecule has 24 heavy (non-hydrogen) atoms. The number of rotatable bonds is 4. The van der Waals surface area contributed by atoms with E-state index in [9.17, 15) is 9.90 Å². The first kappa shape index (κ1) is 19.2. The fraction of sp³-hybridized carbons (Fsp3) is 0.667. The van der Waals surface area contributed by atoms with Crippen LogP contribution >= 0.6 is 15.9 Å². The molecule has 0 saturated carbocycles. The van der Waals surface area contributed by atoms with Gasteiger partial charge in [0.25, 0.3) is 0 Å². The van der Waals surface area contributed by atoms with Gasteiger partial charge in [0.15, 0.2) is 6.10 Å². The van der Waals surface area contributed by atoms with E-state index in [4.69, 9.17) is 4.74 Å². The Labute approximate surface area is 152 Å². The maximum Gasteiger partial charge on any atom is 0.340 e. The fourth-order valence-corrected chi connectivity index (χ4v) is 3.66. The van der Waals surface area contributed by atoms with Crippen molar-refractivity contribution < 1.29 is 14.6 Å². The van der Waals surface area contributed by atoms with E-state index < -0.39 is 12.1 Å². The molecule has 1 N–H and O–H groups in total. The molecule has 0 amide bonds. The van der Waals surface area contributed by atoms with Gasteiger partial charge in [-0.15, -0.1) is 0 Å². The molecule has 0 radical (unpaired) electrons. The van der Waals surface area contributed by atoms with Crippen LogP contribution in [0, 0.1) is 19.8 Å². The lowest BCUT2D eigenvalue weighted by Crippen LogP contribution is -2.35. The van der Waals surface area contributed by atoms with E-state index in [-0.39, 0.29) is 6.10 Å². The van der Waals surface area contributed by atoms with E-state index >= 15 is 0 Å². The molecular weight excluding hydrogens is 372 g/mol. The first-order valence-corrected chi connectivity index (χ1v) is 9.31. The predicted octanol–water partition coefficient (Wildman–Crippen LogP) is 3.68. The van der Waals surface area contributed by atoms with Crippen molar-refractivity contribution in [3.05, 3.63) is 21.4 Å². The van der Waals surface area contributed by atoms with Crippen LogP contribution in [0.3, 0.4) is 0 Å². The normalized spacial score (nSPS) is 17.2. The minimum atomic E-state index is -1.33. The van der Waals surface area contributed by atoms with Crippen LogP contribution in [0.1, 0.15) is 56.7 Å². The number of aryl methyl sites for hydroxylation is 2. The van der Waals surface area contributed by atoms with Crippen molar-refractivity contribution in [3.63, 3.8) is 0 Å². The van der Waals surface area contributed by atoms with Gasteiger partial charge in [-0.25, -0.2) is 4.79 Å². The Bertz CT molecular complexity index is 611. The lowest BCUT2D eigenvalue weighted by atomic mass is 9.96. The van der Waals surface area contributed by atoms with Crippen LogP contribution in [0.2, 0.25) is 0 Å². The molecule has 1 atom stereocenters. The number of aliphatic hydroxyl groups is 1. The topological polar surface area (TPSA) is 62.7 Å². The van der Waals surface area contributed by atoms with Gasteiger partial charge in [-0.05, 0) is 62.4 Å². The van der Waals surface area contributed by atoms with E-state index in [0.29, 0.717) is 17.2 Å². The summed E-state index contributed by atoms with van der Waals surface area (Å²) in [5.41, 5.74) is 2.94. The van der Waals surface area contributed by atoms with Crippen LogP contribution < -0.4 is 4.90 Å². The van der Waals surface area contributed by atoms with Crippen molar-refractivity contribution in [1.29, 1.82) is 0 Å². The number of esters is 1. The molecule has 1 aromatic heterocycles. The minimum absolute atomic E-state index is 0.270. The lowest BCUT2D eigenvalue weighted by Gasteiger charge is -2.35. The fourth-order valence-electron chi connectivity index (χ4n) is 3.11. The summed E-state index contributed by atoms with van der Waals surface area (Å²) in [4.78, 5) is 19.0. The second-order valence-electron chi connectivity index (χ2n) is 6.92. The Balaban J connectivity index is 2.46. The number of anilines is 1. The van der Waals surface area contributed by atoms with E-state index in [1.165, 1.54) is 0 Å². The molecule has 1 aliphatic heterocycles. The molecule has 2 rings (SSSR count). The average Bonchev–Trinajstić information content (AvgIpc) is 2.50. The zero-order valence-corrected chi connectivity index (χ0v) is 16.7. The largest absolute Gasteiger partial charge is 0.461 e. The molecule has 0 unspecified atom stereocenters. The highest BCUT2D eigenvalue weighted by atomic mass is 79.9. The number of piperidine rings is 1. The summed E-state index contributed by atoms with van der Waals surface area (Å²) in [7, 11) is 0. The number of pyridine rings is 1. The quantitative estimate of drug-likeness (QED) is 0.783. The predicted molar refractivity (Wildman–Crippen MR) is 98.2 cm³/mol. The third kappa shape index (κ3) is 4.09. The Morgan fingerprint density at radius 2 is 1.88 bits per heavy atom. The molecule has 0 spiro atoms. The van der Waals surface area contributed by atoms with Crippen molar-refractivity contribution in [2.75, 3.05) is 18.0 Å². The van der Waals surface area contributed by atoms with Gasteiger partial charge in [-0.2, -0.15) is 0 Å². The third-order valence-electron chi connectivity index (χ3n) is 4.45. The second-order valence-corrected chi connectivity index (χ2v) is 7.71. The van der Waals surface area contributed by atoms with E-state index in [0.717, 1.165) is 41.8 Å². The van der Waals surface area contributed by atoms with Gasteiger partial charge in [-0.1, -0.05) is 6.92 Å².